The molecular weight excluding hydrogens is 398 g/mol. The normalized spacial score (nSPS) is 15.4. The molecule has 3 rings (SSSR count). The standard InChI is InChI=1S/C21H27N7O3/c1-3-26-21(29)30-16-8-9-28(13-16)18-12-25-11-17(27-18)20(23)31-19(22)15-6-4-14(5-7-15)10-24-2/h4-7,11-12,16,22-24H,3,8-10,13H2,1-2H3,(H,26,29)/t16-/m1/s1. The van der Waals surface area contributed by atoms with Crippen molar-refractivity contribution in [3.63, 3.8) is 0 Å². The highest BCUT2D eigenvalue weighted by molar-refractivity contribution is 6.03. The van der Waals surface area contributed by atoms with E-state index in [0.717, 1.165) is 12.1 Å². The van der Waals surface area contributed by atoms with Crippen molar-refractivity contribution in [1.82, 2.24) is 20.6 Å². The molecule has 1 aromatic carbocycles. The molecule has 0 unspecified atom stereocenters. The lowest BCUT2D eigenvalue weighted by Crippen LogP contribution is -2.31. The van der Waals surface area contributed by atoms with E-state index in [9.17, 15) is 4.79 Å². The van der Waals surface area contributed by atoms with Gasteiger partial charge < -0.3 is 25.0 Å². The van der Waals surface area contributed by atoms with Crippen LogP contribution in [-0.4, -0.2) is 60.6 Å². The van der Waals surface area contributed by atoms with Crippen LogP contribution in [0.1, 0.15) is 30.2 Å². The van der Waals surface area contributed by atoms with Gasteiger partial charge in [0.1, 0.15) is 17.6 Å². The van der Waals surface area contributed by atoms with Gasteiger partial charge in [-0.05, 0) is 31.7 Å². The summed E-state index contributed by atoms with van der Waals surface area (Å²) < 4.78 is 10.8. The van der Waals surface area contributed by atoms with Crippen LogP contribution in [0.4, 0.5) is 10.6 Å². The third-order valence-electron chi connectivity index (χ3n) is 4.72. The second-order valence-corrected chi connectivity index (χ2v) is 7.04. The SMILES string of the molecule is CCNC(=O)O[C@@H]1CCN(c2cncc(C(=N)OC(=N)c3ccc(CNC)cc3)n2)C1. The minimum atomic E-state index is -0.429. The maximum Gasteiger partial charge on any atom is 0.407 e. The maximum atomic E-state index is 11.6. The summed E-state index contributed by atoms with van der Waals surface area (Å²) in [6, 6.07) is 7.37. The molecule has 0 bridgehead atoms. The summed E-state index contributed by atoms with van der Waals surface area (Å²) in [6.45, 7) is 4.24. The number of ether oxygens (including phenoxy) is 2. The second kappa shape index (κ2) is 10.5. The first-order chi connectivity index (χ1) is 15.0. The Morgan fingerprint density at radius 2 is 2.00 bits per heavy atom. The van der Waals surface area contributed by atoms with Crippen molar-refractivity contribution >= 4 is 23.7 Å². The van der Waals surface area contributed by atoms with Gasteiger partial charge in [0, 0.05) is 31.6 Å². The number of amides is 1. The highest BCUT2D eigenvalue weighted by Crippen LogP contribution is 2.20. The van der Waals surface area contributed by atoms with Gasteiger partial charge >= 0.3 is 6.09 Å². The molecule has 0 radical (unpaired) electrons. The number of benzene rings is 1. The van der Waals surface area contributed by atoms with Crippen LogP contribution < -0.4 is 15.5 Å². The number of rotatable bonds is 7. The number of hydrogen-bond donors (Lipinski definition) is 4. The molecule has 1 fully saturated rings. The lowest BCUT2D eigenvalue weighted by atomic mass is 10.1. The van der Waals surface area contributed by atoms with Gasteiger partial charge in [0.25, 0.3) is 0 Å². The third-order valence-corrected chi connectivity index (χ3v) is 4.72. The van der Waals surface area contributed by atoms with Crippen molar-refractivity contribution < 1.29 is 14.3 Å². The summed E-state index contributed by atoms with van der Waals surface area (Å²) in [5, 5.41) is 22.0. The summed E-state index contributed by atoms with van der Waals surface area (Å²) >= 11 is 0. The molecule has 2 heterocycles. The van der Waals surface area contributed by atoms with Gasteiger partial charge in [0.05, 0.1) is 18.9 Å². The largest absolute Gasteiger partial charge is 0.444 e. The maximum absolute atomic E-state index is 11.6. The van der Waals surface area contributed by atoms with E-state index in [1.807, 2.05) is 31.0 Å². The van der Waals surface area contributed by atoms with Gasteiger partial charge in [-0.2, -0.15) is 0 Å². The van der Waals surface area contributed by atoms with Crippen molar-refractivity contribution in [2.75, 3.05) is 31.6 Å². The van der Waals surface area contributed by atoms with Gasteiger partial charge in [-0.1, -0.05) is 12.1 Å². The van der Waals surface area contributed by atoms with Crippen LogP contribution >= 0.6 is 0 Å². The summed E-state index contributed by atoms with van der Waals surface area (Å²) in [5.74, 6) is 0.175. The molecule has 10 nitrogen and oxygen atoms in total. The summed E-state index contributed by atoms with van der Waals surface area (Å²) in [6.07, 6.45) is 3.05. The first kappa shape index (κ1) is 22.2. The van der Waals surface area contributed by atoms with Crippen molar-refractivity contribution in [1.29, 1.82) is 10.8 Å². The number of alkyl carbamates (subject to hydrolysis) is 1. The summed E-state index contributed by atoms with van der Waals surface area (Å²) in [5.41, 5.74) is 1.88. The van der Waals surface area contributed by atoms with Crippen molar-refractivity contribution in [2.24, 2.45) is 0 Å². The minimum absolute atomic E-state index is 0.134. The fraction of sp³-hybridized carbons (Fsp3) is 0.381. The first-order valence-electron chi connectivity index (χ1n) is 10.1. The Morgan fingerprint density at radius 3 is 2.71 bits per heavy atom. The monoisotopic (exact) mass is 425 g/mol. The topological polar surface area (TPSA) is 136 Å². The fourth-order valence-corrected chi connectivity index (χ4v) is 3.18. The number of hydrogen-bond acceptors (Lipinski definition) is 9. The Bertz CT molecular complexity index is 933. The molecule has 1 atom stereocenters. The number of carbonyl (C=O) groups is 1. The first-order valence-corrected chi connectivity index (χ1v) is 10.1. The van der Waals surface area contributed by atoms with E-state index < -0.39 is 6.09 Å². The molecule has 4 N–H and O–H groups in total. The molecule has 2 aromatic rings. The van der Waals surface area contributed by atoms with Crippen LogP contribution in [-0.2, 0) is 16.0 Å². The van der Waals surface area contributed by atoms with Crippen molar-refractivity contribution in [3.8, 4) is 0 Å². The Balaban J connectivity index is 1.60. The van der Waals surface area contributed by atoms with E-state index in [4.69, 9.17) is 20.3 Å². The molecule has 0 aliphatic carbocycles. The zero-order valence-electron chi connectivity index (χ0n) is 17.6. The van der Waals surface area contributed by atoms with E-state index in [0.29, 0.717) is 37.4 Å². The van der Waals surface area contributed by atoms with Gasteiger partial charge in [0.15, 0.2) is 0 Å². The van der Waals surface area contributed by atoms with E-state index in [1.54, 1.807) is 18.3 Å². The number of carbonyl (C=O) groups excluding carboxylic acids is 1. The second-order valence-electron chi connectivity index (χ2n) is 7.04. The highest BCUT2D eigenvalue weighted by Gasteiger charge is 2.27. The van der Waals surface area contributed by atoms with Gasteiger partial charge in [-0.15, -0.1) is 0 Å². The quantitative estimate of drug-likeness (QED) is 0.393. The van der Waals surface area contributed by atoms with Crippen LogP contribution in [0, 0.1) is 10.8 Å². The van der Waals surface area contributed by atoms with Crippen LogP contribution in [0.3, 0.4) is 0 Å². The minimum Gasteiger partial charge on any atom is -0.444 e. The van der Waals surface area contributed by atoms with E-state index in [-0.39, 0.29) is 23.6 Å². The van der Waals surface area contributed by atoms with E-state index in [1.165, 1.54) is 6.20 Å². The fourth-order valence-electron chi connectivity index (χ4n) is 3.18. The van der Waals surface area contributed by atoms with Crippen molar-refractivity contribution in [3.05, 3.63) is 53.5 Å². The molecular formula is C21H27N7O3. The predicted molar refractivity (Wildman–Crippen MR) is 117 cm³/mol. The molecule has 31 heavy (non-hydrogen) atoms. The molecule has 0 spiro atoms. The van der Waals surface area contributed by atoms with E-state index in [2.05, 4.69) is 20.6 Å². The van der Waals surface area contributed by atoms with E-state index >= 15 is 0 Å². The van der Waals surface area contributed by atoms with Crippen LogP contribution in [0.25, 0.3) is 0 Å². The lowest BCUT2D eigenvalue weighted by molar-refractivity contribution is 0.108. The number of anilines is 1. The Morgan fingerprint density at radius 1 is 1.23 bits per heavy atom. The number of aromatic nitrogens is 2. The van der Waals surface area contributed by atoms with Crippen molar-refractivity contribution in [2.45, 2.75) is 26.0 Å². The smallest absolute Gasteiger partial charge is 0.407 e. The average Bonchev–Trinajstić information content (AvgIpc) is 3.23. The highest BCUT2D eigenvalue weighted by atomic mass is 16.6. The zero-order chi connectivity index (χ0) is 22.2. The Kier molecular flexibility index (Phi) is 7.50. The van der Waals surface area contributed by atoms with Gasteiger partial charge in [-0.25, -0.2) is 9.78 Å². The number of nitrogens with zero attached hydrogens (tertiary/aromatic N) is 3. The van der Waals surface area contributed by atoms with Crippen LogP contribution in [0.2, 0.25) is 0 Å². The molecule has 1 aliphatic heterocycles. The van der Waals surface area contributed by atoms with Gasteiger partial charge in [0.2, 0.25) is 11.8 Å². The van der Waals surface area contributed by atoms with Gasteiger partial charge in [-0.3, -0.25) is 15.8 Å². The molecule has 1 saturated heterocycles. The third kappa shape index (κ3) is 5.98. The lowest BCUT2D eigenvalue weighted by Gasteiger charge is -2.18. The molecule has 0 saturated carbocycles. The molecule has 1 aromatic heterocycles. The van der Waals surface area contributed by atoms with Crippen LogP contribution in [0.5, 0.6) is 0 Å². The average molecular weight is 425 g/mol. The molecule has 10 heteroatoms. The molecule has 164 valence electrons. The van der Waals surface area contributed by atoms with Crippen LogP contribution in [0.15, 0.2) is 36.7 Å². The molecule has 1 aliphatic rings. The summed E-state index contributed by atoms with van der Waals surface area (Å²) in [4.78, 5) is 22.2. The Labute approximate surface area is 181 Å². The Hall–Kier alpha value is -3.53. The number of nitrogens with one attached hydrogen (secondary N) is 4. The predicted octanol–water partition coefficient (Wildman–Crippen LogP) is 1.89. The zero-order valence-corrected chi connectivity index (χ0v) is 17.6. The molecule has 1 amide bonds. The summed E-state index contributed by atoms with van der Waals surface area (Å²) in [7, 11) is 1.87.